The molecule has 4 aliphatic rings. The largest absolute Gasteiger partial charge is 0.508 e. The van der Waals surface area contributed by atoms with Gasteiger partial charge < -0.3 is 26.4 Å². The van der Waals surface area contributed by atoms with Gasteiger partial charge in [0.15, 0.2) is 0 Å². The predicted molar refractivity (Wildman–Crippen MR) is 165 cm³/mol. The molecule has 6 N–H and O–H groups in total. The van der Waals surface area contributed by atoms with Crippen molar-refractivity contribution in [2.45, 2.75) is 83.5 Å². The van der Waals surface area contributed by atoms with E-state index < -0.39 is 0 Å². The Hall–Kier alpha value is -2.34. The minimum absolute atomic E-state index is 0.324. The number of hydrogen-bond acceptors (Lipinski definition) is 5. The first-order valence-corrected chi connectivity index (χ1v) is 15.9. The first kappa shape index (κ1) is 30.6. The second kappa shape index (κ2) is 16.2. The van der Waals surface area contributed by atoms with Crippen molar-refractivity contribution in [2.24, 2.45) is 35.1 Å². The van der Waals surface area contributed by atoms with Gasteiger partial charge in [-0.3, -0.25) is 0 Å². The lowest BCUT2D eigenvalue weighted by Crippen LogP contribution is -2.40. The SMILES string of the molecule is NCCCCCCO.NCCCCCCOc1ccc(C(=C2C3CC4CC(C3)CC2C4)c2ccc(O)cc2)cc1. The molecule has 0 saturated heterocycles. The lowest BCUT2D eigenvalue weighted by atomic mass is 9.53. The van der Waals surface area contributed by atoms with Gasteiger partial charge in [-0.2, -0.15) is 0 Å². The highest BCUT2D eigenvalue weighted by Gasteiger charge is 2.46. The Bertz CT molecular complexity index is 996. The molecule has 4 aliphatic carbocycles. The zero-order valence-corrected chi connectivity index (χ0v) is 24.4. The number of unbranched alkanes of at least 4 members (excludes halogenated alkanes) is 6. The zero-order chi connectivity index (χ0) is 28.2. The molecule has 4 fully saturated rings. The summed E-state index contributed by atoms with van der Waals surface area (Å²) in [5, 5.41) is 18.2. The second-order valence-electron chi connectivity index (χ2n) is 12.2. The molecule has 0 aliphatic heterocycles. The fourth-order valence-electron chi connectivity index (χ4n) is 7.35. The van der Waals surface area contributed by atoms with Gasteiger partial charge in [0.1, 0.15) is 11.5 Å². The number of benzene rings is 2. The Balaban J connectivity index is 0.000000406. The zero-order valence-electron chi connectivity index (χ0n) is 24.4. The molecule has 0 radical (unpaired) electrons. The van der Waals surface area contributed by atoms with Crippen LogP contribution < -0.4 is 16.2 Å². The third-order valence-electron chi connectivity index (χ3n) is 9.08. The van der Waals surface area contributed by atoms with E-state index in [2.05, 4.69) is 36.4 Å². The Morgan fingerprint density at radius 3 is 1.68 bits per heavy atom. The molecule has 4 saturated carbocycles. The topological polar surface area (TPSA) is 102 Å². The number of aromatic hydroxyl groups is 1. The van der Waals surface area contributed by atoms with Crippen molar-refractivity contribution in [3.05, 3.63) is 65.2 Å². The van der Waals surface area contributed by atoms with Crippen LogP contribution >= 0.6 is 0 Å². The van der Waals surface area contributed by atoms with Gasteiger partial charge in [-0.1, -0.05) is 55.5 Å². The molecule has 6 rings (SSSR count). The van der Waals surface area contributed by atoms with Crippen molar-refractivity contribution in [1.82, 2.24) is 0 Å². The maximum Gasteiger partial charge on any atom is 0.119 e. The highest BCUT2D eigenvalue weighted by atomic mass is 16.5. The van der Waals surface area contributed by atoms with Gasteiger partial charge in [0, 0.05) is 6.61 Å². The molecule has 5 nitrogen and oxygen atoms in total. The van der Waals surface area contributed by atoms with Gasteiger partial charge in [-0.25, -0.2) is 0 Å². The van der Waals surface area contributed by atoms with E-state index in [0.29, 0.717) is 12.4 Å². The van der Waals surface area contributed by atoms with E-state index in [1.807, 2.05) is 12.1 Å². The summed E-state index contributed by atoms with van der Waals surface area (Å²) in [5.74, 6) is 4.65. The molecule has 2 aromatic carbocycles. The number of nitrogens with two attached hydrogens (primary N) is 2. The number of phenolic OH excluding ortho intramolecular Hbond substituents is 1. The average molecular weight is 549 g/mol. The monoisotopic (exact) mass is 548 g/mol. The molecule has 220 valence electrons. The van der Waals surface area contributed by atoms with Crippen LogP contribution in [0.5, 0.6) is 11.5 Å². The molecule has 0 amide bonds. The molecule has 2 aromatic rings. The molecule has 40 heavy (non-hydrogen) atoms. The van der Waals surface area contributed by atoms with E-state index in [4.69, 9.17) is 21.3 Å². The minimum atomic E-state index is 0.324. The Kier molecular flexibility index (Phi) is 12.4. The molecule has 0 spiro atoms. The number of ether oxygens (including phenoxy) is 1. The number of aliphatic hydroxyl groups excluding tert-OH is 1. The molecular formula is C35H52N2O3. The third kappa shape index (κ3) is 8.58. The molecule has 0 atom stereocenters. The average Bonchev–Trinajstić information content (AvgIpc) is 2.96. The van der Waals surface area contributed by atoms with Crippen LogP contribution in [0.25, 0.3) is 5.57 Å². The first-order valence-electron chi connectivity index (χ1n) is 15.9. The lowest BCUT2D eigenvalue weighted by Gasteiger charge is -2.52. The van der Waals surface area contributed by atoms with Gasteiger partial charge in [0.2, 0.25) is 0 Å². The van der Waals surface area contributed by atoms with Crippen LogP contribution in [0, 0.1) is 23.7 Å². The Labute approximate surface area is 242 Å². The summed E-state index contributed by atoms with van der Waals surface area (Å²) in [5.41, 5.74) is 16.4. The van der Waals surface area contributed by atoms with E-state index in [1.54, 1.807) is 5.57 Å². The highest BCUT2D eigenvalue weighted by molar-refractivity contribution is 5.83. The second-order valence-corrected chi connectivity index (χ2v) is 12.2. The Morgan fingerprint density at radius 1 is 0.650 bits per heavy atom. The van der Waals surface area contributed by atoms with Crippen LogP contribution in [-0.2, 0) is 0 Å². The van der Waals surface area contributed by atoms with E-state index in [9.17, 15) is 5.11 Å². The maximum atomic E-state index is 9.87. The molecule has 0 heterocycles. The van der Waals surface area contributed by atoms with Crippen molar-refractivity contribution in [1.29, 1.82) is 0 Å². The van der Waals surface area contributed by atoms with Crippen molar-refractivity contribution in [3.8, 4) is 11.5 Å². The standard InChI is InChI=1S/C29H37NO2.C6H15NO/c30-13-3-1-2-4-14-32-27-11-7-23(8-12-27)28(22-5-9-26(31)10-6-22)29-24-16-20-15-21(18-24)19-25(29)17-20;7-5-3-1-2-4-6-8/h5-12,20-21,24-25,31H,1-4,13-19,30H2;8H,1-7H2. The first-order chi connectivity index (χ1) is 19.6. The molecular weight excluding hydrogens is 496 g/mol. The van der Waals surface area contributed by atoms with Crippen LogP contribution in [0.4, 0.5) is 0 Å². The van der Waals surface area contributed by atoms with E-state index >= 15 is 0 Å². The van der Waals surface area contributed by atoms with Gasteiger partial charge in [0.05, 0.1) is 6.61 Å². The third-order valence-corrected chi connectivity index (χ3v) is 9.08. The molecule has 0 aromatic heterocycles. The number of hydrogen-bond donors (Lipinski definition) is 4. The normalized spacial score (nSPS) is 22.6. The fraction of sp³-hybridized carbons (Fsp3) is 0.600. The van der Waals surface area contributed by atoms with E-state index in [1.165, 1.54) is 61.6 Å². The van der Waals surface area contributed by atoms with Crippen molar-refractivity contribution < 1.29 is 14.9 Å². The minimum Gasteiger partial charge on any atom is -0.508 e. The van der Waals surface area contributed by atoms with Gasteiger partial charge in [-0.15, -0.1) is 0 Å². The Morgan fingerprint density at radius 2 is 1.15 bits per heavy atom. The van der Waals surface area contributed by atoms with Crippen LogP contribution in [-0.4, -0.2) is 36.5 Å². The van der Waals surface area contributed by atoms with Gasteiger partial charge >= 0.3 is 0 Å². The summed E-state index contributed by atoms with van der Waals surface area (Å²) in [6, 6.07) is 16.6. The van der Waals surface area contributed by atoms with Crippen LogP contribution in [0.1, 0.15) is 94.6 Å². The molecule has 4 bridgehead atoms. The van der Waals surface area contributed by atoms with Gasteiger partial charge in [-0.05, 0) is 136 Å². The highest BCUT2D eigenvalue weighted by Crippen LogP contribution is 2.58. The summed E-state index contributed by atoms with van der Waals surface area (Å²) >= 11 is 0. The molecule has 0 unspecified atom stereocenters. The number of phenols is 1. The van der Waals surface area contributed by atoms with Crippen molar-refractivity contribution in [2.75, 3.05) is 26.3 Å². The van der Waals surface area contributed by atoms with E-state index in [-0.39, 0.29) is 0 Å². The fourth-order valence-corrected chi connectivity index (χ4v) is 7.35. The lowest BCUT2D eigenvalue weighted by molar-refractivity contribution is 0.0705. The number of allylic oxidation sites excluding steroid dienone is 1. The summed E-state index contributed by atoms with van der Waals surface area (Å²) in [6.07, 6.45) is 15.8. The van der Waals surface area contributed by atoms with Crippen molar-refractivity contribution >= 4 is 5.57 Å². The van der Waals surface area contributed by atoms with Crippen LogP contribution in [0.15, 0.2) is 54.1 Å². The maximum absolute atomic E-state index is 9.87. The smallest absolute Gasteiger partial charge is 0.119 e. The van der Waals surface area contributed by atoms with Crippen LogP contribution in [0.3, 0.4) is 0 Å². The number of rotatable bonds is 14. The summed E-state index contributed by atoms with van der Waals surface area (Å²) < 4.78 is 6.00. The summed E-state index contributed by atoms with van der Waals surface area (Å²) in [7, 11) is 0. The quantitative estimate of drug-likeness (QED) is 0.190. The summed E-state index contributed by atoms with van der Waals surface area (Å²) in [4.78, 5) is 0. The predicted octanol–water partition coefficient (Wildman–Crippen LogP) is 7.05. The molecule has 5 heteroatoms. The van der Waals surface area contributed by atoms with E-state index in [0.717, 1.165) is 87.6 Å². The van der Waals surface area contributed by atoms with Crippen LogP contribution in [0.2, 0.25) is 0 Å². The van der Waals surface area contributed by atoms with Crippen molar-refractivity contribution in [3.63, 3.8) is 0 Å². The number of aliphatic hydroxyl groups is 1. The summed E-state index contributed by atoms with van der Waals surface area (Å²) in [6.45, 7) is 2.66. The van der Waals surface area contributed by atoms with Gasteiger partial charge in [0.25, 0.3) is 0 Å².